The molecule has 3 aliphatic heterocycles. The van der Waals surface area contributed by atoms with Crippen molar-refractivity contribution in [3.05, 3.63) is 60.2 Å². The number of esters is 2. The molecule has 5 heterocycles. The molecule has 0 saturated carbocycles. The number of carbonyl (C=O) groups is 4. The summed E-state index contributed by atoms with van der Waals surface area (Å²) in [6, 6.07) is 9.41. The van der Waals surface area contributed by atoms with Crippen molar-refractivity contribution in [1.29, 1.82) is 0 Å². The zero-order valence-electron chi connectivity index (χ0n) is 34.5. The van der Waals surface area contributed by atoms with Gasteiger partial charge in [-0.3, -0.25) is 9.59 Å². The maximum atomic E-state index is 12.1. The largest absolute Gasteiger partial charge is 0.461 e. The minimum atomic E-state index is -1.37. The Balaban J connectivity index is 0.000000244. The predicted octanol–water partition coefficient (Wildman–Crippen LogP) is -2.80. The number of hydrogen-bond acceptors (Lipinski definition) is 22. The number of rotatable bonds is 25. The van der Waals surface area contributed by atoms with Crippen LogP contribution in [0.4, 0.5) is 0 Å². The molecule has 3 saturated heterocycles. The molecule has 26 heteroatoms. The first-order chi connectivity index (χ1) is 30.5. The summed E-state index contributed by atoms with van der Waals surface area (Å²) in [4.78, 5) is 53.8. The Morgan fingerprint density at radius 3 is 1.62 bits per heavy atom. The highest BCUT2D eigenvalue weighted by atomic mass is 16.8. The summed E-state index contributed by atoms with van der Waals surface area (Å²) in [5.41, 5.74) is 11.2. The second kappa shape index (κ2) is 25.3. The molecule has 348 valence electrons. The van der Waals surface area contributed by atoms with Gasteiger partial charge < -0.3 is 78.5 Å². The van der Waals surface area contributed by atoms with E-state index < -0.39 is 79.1 Å². The van der Waals surface area contributed by atoms with Crippen LogP contribution in [-0.4, -0.2) is 194 Å². The highest BCUT2D eigenvalue weighted by molar-refractivity contribution is 5.88. The van der Waals surface area contributed by atoms with Gasteiger partial charge in [0.05, 0.1) is 52.9 Å². The maximum absolute atomic E-state index is 12.1. The molecule has 0 bridgehead atoms. The third-order valence-corrected chi connectivity index (χ3v) is 9.10. The molecular formula is C37H52N8O18. The first kappa shape index (κ1) is 48.9. The zero-order valence-corrected chi connectivity index (χ0v) is 34.5. The van der Waals surface area contributed by atoms with Crippen LogP contribution < -0.4 is 11.5 Å². The number of hydrogen-bond donors (Lipinski definition) is 4. The topological polar surface area (TPSA) is 333 Å². The van der Waals surface area contributed by atoms with Gasteiger partial charge in [-0.15, -0.1) is 10.2 Å². The molecule has 6 N–H and O–H groups in total. The summed E-state index contributed by atoms with van der Waals surface area (Å²) in [6.07, 6.45) is -5.56. The fraction of sp³-hybridized carbons (Fsp3) is 0.622. The Hall–Kier alpha value is -5.10. The van der Waals surface area contributed by atoms with Crippen LogP contribution in [0.15, 0.2) is 43.0 Å². The number of carbonyl (C=O) groups excluding carboxylic acids is 4. The van der Waals surface area contributed by atoms with Crippen LogP contribution in [0.3, 0.4) is 0 Å². The lowest BCUT2D eigenvalue weighted by atomic mass is 10.1. The lowest BCUT2D eigenvalue weighted by Gasteiger charge is -2.20. The molecule has 2 aromatic heterocycles. The summed E-state index contributed by atoms with van der Waals surface area (Å²) in [7, 11) is 3.15. The summed E-state index contributed by atoms with van der Waals surface area (Å²) < 4.78 is 66.9. The molecule has 3 aliphatic rings. The monoisotopic (exact) mass is 896 g/mol. The Morgan fingerprint density at radius 1 is 0.619 bits per heavy atom. The predicted molar refractivity (Wildman–Crippen MR) is 205 cm³/mol. The van der Waals surface area contributed by atoms with Gasteiger partial charge in [-0.05, 0) is 0 Å². The van der Waals surface area contributed by atoms with Crippen molar-refractivity contribution in [2.75, 3.05) is 93.5 Å². The van der Waals surface area contributed by atoms with E-state index in [-0.39, 0.29) is 51.3 Å². The summed E-state index contributed by atoms with van der Waals surface area (Å²) in [5.74, 6) is -3.24. The molecule has 6 rings (SSSR count). The molecule has 0 aliphatic carbocycles. The summed E-state index contributed by atoms with van der Waals surface area (Å²) in [5, 5.41) is 28.0. The smallest absolute Gasteiger partial charge is 0.332 e. The molecule has 0 spiro atoms. The average molecular weight is 897 g/mol. The molecule has 3 unspecified atom stereocenters. The third-order valence-electron chi connectivity index (χ3n) is 9.10. The molecule has 3 aromatic rings. The van der Waals surface area contributed by atoms with E-state index in [9.17, 15) is 29.4 Å². The first-order valence-electron chi connectivity index (χ1n) is 19.6. The molecule has 9 atom stereocenters. The molecule has 63 heavy (non-hydrogen) atoms. The number of aliphatic hydroxyl groups excluding tert-OH is 2. The number of primary amides is 2. The summed E-state index contributed by atoms with van der Waals surface area (Å²) in [6.45, 7) is 2.01. The fourth-order valence-electron chi connectivity index (χ4n) is 6.02. The average Bonchev–Trinajstić information content (AvgIpc) is 4.13. The van der Waals surface area contributed by atoms with Crippen molar-refractivity contribution in [3.8, 4) is 0 Å². The molecule has 0 radical (unpaired) electrons. The van der Waals surface area contributed by atoms with Crippen molar-refractivity contribution < 1.29 is 86.2 Å². The van der Waals surface area contributed by atoms with Gasteiger partial charge in [0, 0.05) is 19.8 Å². The van der Waals surface area contributed by atoms with E-state index in [1.165, 1.54) is 11.0 Å². The SMILES string of the molecule is COCCOCCOCC(=O)OC[C@H]1O[C@@H](n2cnc(C(N)=O)n2)[C@@H]2OC(c3ccccc3)OC21.COCCOCCOCC(=O)OC[C@H]1O[C@@H](n2cnc(C(N)=O)n2)[C@H](O)C1O. The van der Waals surface area contributed by atoms with Crippen LogP contribution >= 0.6 is 0 Å². The Kier molecular flexibility index (Phi) is 19.6. The van der Waals surface area contributed by atoms with Crippen LogP contribution in [0.5, 0.6) is 0 Å². The fourth-order valence-corrected chi connectivity index (χ4v) is 6.02. The van der Waals surface area contributed by atoms with Gasteiger partial charge in [0.15, 0.2) is 18.7 Å². The highest BCUT2D eigenvalue weighted by Crippen LogP contribution is 2.44. The number of amides is 2. The van der Waals surface area contributed by atoms with Crippen LogP contribution in [0, 0.1) is 0 Å². The minimum absolute atomic E-state index is 0.0908. The van der Waals surface area contributed by atoms with Gasteiger partial charge in [0.2, 0.25) is 11.6 Å². The quantitative estimate of drug-likeness (QED) is 0.0493. The minimum Gasteiger partial charge on any atom is -0.461 e. The zero-order chi connectivity index (χ0) is 45.1. The van der Waals surface area contributed by atoms with E-state index in [1.807, 2.05) is 30.3 Å². The molecule has 2 amide bonds. The number of aromatic nitrogens is 6. The van der Waals surface area contributed by atoms with Crippen LogP contribution in [0.2, 0.25) is 0 Å². The van der Waals surface area contributed by atoms with Gasteiger partial charge in [-0.1, -0.05) is 30.3 Å². The van der Waals surface area contributed by atoms with Gasteiger partial charge >= 0.3 is 11.9 Å². The van der Waals surface area contributed by atoms with Crippen LogP contribution in [0.1, 0.15) is 45.5 Å². The maximum Gasteiger partial charge on any atom is 0.332 e. The summed E-state index contributed by atoms with van der Waals surface area (Å²) >= 11 is 0. The van der Waals surface area contributed by atoms with E-state index in [1.54, 1.807) is 14.2 Å². The van der Waals surface area contributed by atoms with E-state index >= 15 is 0 Å². The third kappa shape index (κ3) is 14.5. The van der Waals surface area contributed by atoms with Crippen LogP contribution in [-0.2, 0) is 66.4 Å². The Labute approximate surface area is 359 Å². The molecule has 3 fully saturated rings. The van der Waals surface area contributed by atoms with E-state index in [2.05, 4.69) is 20.2 Å². The van der Waals surface area contributed by atoms with E-state index in [4.69, 9.17) is 68.3 Å². The lowest BCUT2D eigenvalue weighted by Crippen LogP contribution is -2.34. The van der Waals surface area contributed by atoms with Crippen molar-refractivity contribution in [3.63, 3.8) is 0 Å². The van der Waals surface area contributed by atoms with Gasteiger partial charge in [0.25, 0.3) is 11.8 Å². The number of benzene rings is 1. The number of nitrogens with zero attached hydrogens (tertiary/aromatic N) is 6. The number of ether oxygens (including phenoxy) is 12. The molecular weight excluding hydrogens is 844 g/mol. The van der Waals surface area contributed by atoms with Gasteiger partial charge in [0.1, 0.15) is 75.7 Å². The van der Waals surface area contributed by atoms with Crippen molar-refractivity contribution in [1.82, 2.24) is 29.5 Å². The molecule has 26 nitrogen and oxygen atoms in total. The second-order valence-corrected chi connectivity index (χ2v) is 13.6. The van der Waals surface area contributed by atoms with Gasteiger partial charge in [-0.25, -0.2) is 28.9 Å². The lowest BCUT2D eigenvalue weighted by molar-refractivity contribution is -0.171. The van der Waals surface area contributed by atoms with Crippen LogP contribution in [0.25, 0.3) is 0 Å². The van der Waals surface area contributed by atoms with Crippen molar-refractivity contribution >= 4 is 23.8 Å². The number of methoxy groups -OCH3 is 2. The highest BCUT2D eigenvalue weighted by Gasteiger charge is 2.54. The number of aliphatic hydroxyl groups is 2. The van der Waals surface area contributed by atoms with Gasteiger partial charge in [-0.2, -0.15) is 0 Å². The Morgan fingerprint density at radius 2 is 1.10 bits per heavy atom. The van der Waals surface area contributed by atoms with Crippen molar-refractivity contribution in [2.45, 2.75) is 55.4 Å². The van der Waals surface area contributed by atoms with Crippen molar-refractivity contribution in [2.24, 2.45) is 11.5 Å². The Bertz CT molecular complexity index is 1870. The second-order valence-electron chi connectivity index (χ2n) is 13.6. The van der Waals surface area contributed by atoms with E-state index in [0.29, 0.717) is 39.6 Å². The molecule has 1 aromatic carbocycles. The number of nitrogens with two attached hydrogens (primary N) is 2. The number of fused-ring (bicyclic) bond motifs is 1. The normalized spacial score (nSPS) is 25.0. The first-order valence-corrected chi connectivity index (χ1v) is 19.6. The van der Waals surface area contributed by atoms with E-state index in [0.717, 1.165) is 16.6 Å². The standard InChI is InChI=1S/C22H28N4O9.C15H24N4O9/c1-29-7-8-30-9-10-31-12-16(27)32-11-15-17-18(35-22(34-17)14-5-3-2-4-6-14)21(33-15)26-13-24-20(25-26)19(23)28;1-24-2-3-25-4-5-26-7-10(20)27-6-9-11(21)12(22)15(28-9)19-8-17-14(18-19)13(16)23/h2-6,13,15,17-18,21-22H,7-12H2,1H3,(H2,23,28);8-9,11-12,15,21-22H,2-7H2,1H3,(H2,16,23)/t15-,17?,18-,21-,22?;9-,11?,12-,15-/m11/s1.